The number of benzene rings is 1. The fourth-order valence-electron chi connectivity index (χ4n) is 2.70. The Bertz CT molecular complexity index is 643. The molecular formula is C16H21NO3S. The molecule has 4 nitrogen and oxygen atoms in total. The summed E-state index contributed by atoms with van der Waals surface area (Å²) >= 11 is 0. The molecule has 1 aromatic rings. The summed E-state index contributed by atoms with van der Waals surface area (Å²) in [4.78, 5) is 0.221. The average Bonchev–Trinajstić information content (AvgIpc) is 2.89. The summed E-state index contributed by atoms with van der Waals surface area (Å²) in [5.74, 6) is 6.36. The van der Waals surface area contributed by atoms with Gasteiger partial charge in [0, 0.05) is 12.1 Å². The Morgan fingerprint density at radius 2 is 2.19 bits per heavy atom. The maximum absolute atomic E-state index is 12.3. The molecule has 0 spiro atoms. The normalized spacial score (nSPS) is 21.8. The van der Waals surface area contributed by atoms with Crippen LogP contribution in [0.15, 0.2) is 29.2 Å². The van der Waals surface area contributed by atoms with Crippen LogP contribution in [0.4, 0.5) is 0 Å². The molecule has 2 rings (SSSR count). The number of rotatable bonds is 4. The molecule has 5 heteroatoms. The predicted molar refractivity (Wildman–Crippen MR) is 82.1 cm³/mol. The van der Waals surface area contributed by atoms with E-state index in [9.17, 15) is 8.42 Å². The molecule has 2 atom stereocenters. The van der Waals surface area contributed by atoms with Gasteiger partial charge in [0.1, 0.15) is 6.61 Å². The average molecular weight is 307 g/mol. The molecule has 0 saturated heterocycles. The molecule has 0 bridgehead atoms. The van der Waals surface area contributed by atoms with E-state index in [0.29, 0.717) is 23.9 Å². The summed E-state index contributed by atoms with van der Waals surface area (Å²) in [5, 5.41) is 8.68. The largest absolute Gasteiger partial charge is 0.384 e. The van der Waals surface area contributed by atoms with Gasteiger partial charge in [-0.25, -0.2) is 13.1 Å². The standard InChI is InChI=1S/C16H21NO3S/c1-13-7-8-15(10-13)12-17-21(19,20)16-6-2-4-14(11-16)5-3-9-18/h2,4,6,11,13,15,17-18H,7-10,12H2,1H3. The van der Waals surface area contributed by atoms with Gasteiger partial charge in [-0.1, -0.05) is 31.3 Å². The Balaban J connectivity index is 2.05. The number of nitrogens with one attached hydrogen (secondary N) is 1. The lowest BCUT2D eigenvalue weighted by Gasteiger charge is -2.12. The molecule has 0 amide bonds. The second kappa shape index (κ2) is 7.08. The second-order valence-corrected chi connectivity index (χ2v) is 7.39. The lowest BCUT2D eigenvalue weighted by molar-refractivity contribution is 0.350. The minimum absolute atomic E-state index is 0.221. The zero-order valence-electron chi connectivity index (χ0n) is 12.2. The summed E-state index contributed by atoms with van der Waals surface area (Å²) in [7, 11) is -3.49. The Kier molecular flexibility index (Phi) is 5.40. The summed E-state index contributed by atoms with van der Waals surface area (Å²) in [6.07, 6.45) is 3.36. The van der Waals surface area contributed by atoms with Gasteiger partial charge in [0.2, 0.25) is 10.0 Å². The van der Waals surface area contributed by atoms with Crippen molar-refractivity contribution in [2.45, 2.75) is 31.1 Å². The van der Waals surface area contributed by atoms with E-state index >= 15 is 0 Å². The predicted octanol–water partition coefficient (Wildman–Crippen LogP) is 1.74. The van der Waals surface area contributed by atoms with Gasteiger partial charge < -0.3 is 5.11 Å². The number of hydrogen-bond acceptors (Lipinski definition) is 3. The van der Waals surface area contributed by atoms with Crippen LogP contribution in [-0.4, -0.2) is 26.7 Å². The SMILES string of the molecule is CC1CCC(CNS(=O)(=O)c2cccc(C#CCO)c2)C1. The fraction of sp³-hybridized carbons (Fsp3) is 0.500. The molecule has 2 unspecified atom stereocenters. The van der Waals surface area contributed by atoms with E-state index < -0.39 is 10.0 Å². The van der Waals surface area contributed by atoms with Crippen molar-refractivity contribution in [2.24, 2.45) is 11.8 Å². The number of hydrogen-bond donors (Lipinski definition) is 2. The first-order valence-electron chi connectivity index (χ1n) is 7.20. The molecule has 21 heavy (non-hydrogen) atoms. The number of aliphatic hydroxyl groups excluding tert-OH is 1. The molecule has 1 saturated carbocycles. The molecule has 1 fully saturated rings. The van der Waals surface area contributed by atoms with Crippen molar-refractivity contribution >= 4 is 10.0 Å². The topological polar surface area (TPSA) is 66.4 Å². The van der Waals surface area contributed by atoms with Gasteiger partial charge in [0.25, 0.3) is 0 Å². The van der Waals surface area contributed by atoms with Crippen LogP contribution in [-0.2, 0) is 10.0 Å². The van der Waals surface area contributed by atoms with Gasteiger partial charge >= 0.3 is 0 Å². The van der Waals surface area contributed by atoms with E-state index in [1.54, 1.807) is 18.2 Å². The number of sulfonamides is 1. The smallest absolute Gasteiger partial charge is 0.240 e. The first-order valence-corrected chi connectivity index (χ1v) is 8.69. The molecule has 0 heterocycles. The van der Waals surface area contributed by atoms with Crippen molar-refractivity contribution in [1.29, 1.82) is 0 Å². The van der Waals surface area contributed by atoms with Gasteiger partial charge in [0.15, 0.2) is 0 Å². The maximum atomic E-state index is 12.3. The van der Waals surface area contributed by atoms with Crippen molar-refractivity contribution in [3.63, 3.8) is 0 Å². The van der Waals surface area contributed by atoms with Crippen LogP contribution < -0.4 is 4.72 Å². The molecule has 0 aromatic heterocycles. The lowest BCUT2D eigenvalue weighted by atomic mass is 10.1. The summed E-state index contributed by atoms with van der Waals surface area (Å²) in [5.41, 5.74) is 0.585. The zero-order valence-corrected chi connectivity index (χ0v) is 13.0. The van der Waals surface area contributed by atoms with Crippen LogP contribution in [0.25, 0.3) is 0 Å². The van der Waals surface area contributed by atoms with Crippen molar-refractivity contribution < 1.29 is 13.5 Å². The maximum Gasteiger partial charge on any atom is 0.240 e. The van der Waals surface area contributed by atoms with Crippen LogP contribution in [0.1, 0.15) is 31.7 Å². The Hall–Kier alpha value is -1.35. The van der Waals surface area contributed by atoms with Crippen molar-refractivity contribution in [2.75, 3.05) is 13.2 Å². The van der Waals surface area contributed by atoms with E-state index in [0.717, 1.165) is 12.8 Å². The Morgan fingerprint density at radius 1 is 1.38 bits per heavy atom. The van der Waals surface area contributed by atoms with Crippen molar-refractivity contribution in [3.8, 4) is 11.8 Å². The van der Waals surface area contributed by atoms with Gasteiger partial charge in [-0.15, -0.1) is 0 Å². The van der Waals surface area contributed by atoms with Crippen LogP contribution >= 0.6 is 0 Å². The highest BCUT2D eigenvalue weighted by Gasteiger charge is 2.23. The van der Waals surface area contributed by atoms with Gasteiger partial charge in [-0.3, -0.25) is 0 Å². The highest BCUT2D eigenvalue weighted by Crippen LogP contribution is 2.29. The molecule has 2 N–H and O–H groups in total. The highest BCUT2D eigenvalue weighted by atomic mass is 32.2. The molecule has 114 valence electrons. The first kappa shape index (κ1) is 16.0. The quantitative estimate of drug-likeness (QED) is 0.833. The molecular weight excluding hydrogens is 286 g/mol. The summed E-state index contributed by atoms with van der Waals surface area (Å²) in [6.45, 7) is 2.46. The van der Waals surface area contributed by atoms with Crippen molar-refractivity contribution in [1.82, 2.24) is 4.72 Å². The van der Waals surface area contributed by atoms with Crippen LogP contribution in [0, 0.1) is 23.7 Å². The molecule has 0 radical (unpaired) electrons. The van der Waals surface area contributed by atoms with Crippen molar-refractivity contribution in [3.05, 3.63) is 29.8 Å². The zero-order chi connectivity index (χ0) is 15.3. The van der Waals surface area contributed by atoms with E-state index in [2.05, 4.69) is 23.5 Å². The lowest BCUT2D eigenvalue weighted by Crippen LogP contribution is -2.28. The van der Waals surface area contributed by atoms with E-state index in [-0.39, 0.29) is 11.5 Å². The van der Waals surface area contributed by atoms with Crippen LogP contribution in [0.2, 0.25) is 0 Å². The molecule has 1 aliphatic carbocycles. The van der Waals surface area contributed by atoms with E-state index in [1.165, 1.54) is 12.5 Å². The summed E-state index contributed by atoms with van der Waals surface area (Å²) < 4.78 is 27.3. The van der Waals surface area contributed by atoms with Gasteiger partial charge in [-0.2, -0.15) is 0 Å². The molecule has 1 aromatic carbocycles. The van der Waals surface area contributed by atoms with E-state index in [1.807, 2.05) is 0 Å². The first-order chi connectivity index (χ1) is 10.0. The third-order valence-electron chi connectivity index (χ3n) is 3.82. The third kappa shape index (κ3) is 4.57. The van der Waals surface area contributed by atoms with Crippen LogP contribution in [0.5, 0.6) is 0 Å². The summed E-state index contributed by atoms with van der Waals surface area (Å²) in [6, 6.07) is 6.47. The highest BCUT2D eigenvalue weighted by molar-refractivity contribution is 7.89. The number of aliphatic hydroxyl groups is 1. The minimum Gasteiger partial charge on any atom is -0.384 e. The van der Waals surface area contributed by atoms with Crippen LogP contribution in [0.3, 0.4) is 0 Å². The fourth-order valence-corrected chi connectivity index (χ4v) is 3.87. The van der Waals surface area contributed by atoms with E-state index in [4.69, 9.17) is 5.11 Å². The molecule has 0 aliphatic heterocycles. The minimum atomic E-state index is -3.49. The third-order valence-corrected chi connectivity index (χ3v) is 5.24. The van der Waals surface area contributed by atoms with Gasteiger partial charge in [0.05, 0.1) is 4.90 Å². The monoisotopic (exact) mass is 307 g/mol. The molecule has 1 aliphatic rings. The van der Waals surface area contributed by atoms with Gasteiger partial charge in [-0.05, 0) is 42.9 Å². The second-order valence-electron chi connectivity index (χ2n) is 5.62. The Labute approximate surface area is 126 Å². The Morgan fingerprint density at radius 3 is 2.86 bits per heavy atom.